The van der Waals surface area contributed by atoms with Gasteiger partial charge in [-0.1, -0.05) is 0 Å². The van der Waals surface area contributed by atoms with E-state index in [2.05, 4.69) is 10.6 Å². The van der Waals surface area contributed by atoms with Crippen LogP contribution in [0.15, 0.2) is 42.5 Å². The fraction of sp³-hybridized carbons (Fsp3) is 0.222. The Labute approximate surface area is 148 Å². The van der Waals surface area contributed by atoms with Crippen LogP contribution >= 0.6 is 0 Å². The van der Waals surface area contributed by atoms with Crippen LogP contribution < -0.4 is 20.3 Å². The molecule has 0 saturated carbocycles. The van der Waals surface area contributed by atoms with Crippen molar-refractivity contribution in [1.82, 2.24) is 5.32 Å². The fourth-order valence-corrected chi connectivity index (χ4v) is 2.76. The summed E-state index contributed by atoms with van der Waals surface area (Å²) in [5.74, 6) is -1.21. The van der Waals surface area contributed by atoms with Crippen molar-refractivity contribution in [3.05, 3.63) is 54.1 Å². The molecule has 136 valence electrons. The standard InChI is InChI=1S/C18H17F2N3O3/c1-26-16-7-4-12(10-14(16)20)21-18(25)22-15-8-9-23(17(15)24)13-5-2-11(19)3-6-13/h2-7,10,15H,8-9H2,1H3,(H2,21,22,25)/t15-/m1/s1. The van der Waals surface area contributed by atoms with Gasteiger partial charge >= 0.3 is 6.03 Å². The third kappa shape index (κ3) is 3.74. The number of hydrogen-bond acceptors (Lipinski definition) is 3. The number of nitrogens with zero attached hydrogens (tertiary/aromatic N) is 1. The van der Waals surface area contributed by atoms with Crippen molar-refractivity contribution >= 4 is 23.3 Å². The average molecular weight is 361 g/mol. The molecule has 0 spiro atoms. The zero-order valence-electron chi connectivity index (χ0n) is 14.0. The van der Waals surface area contributed by atoms with Crippen LogP contribution in [-0.4, -0.2) is 31.6 Å². The zero-order valence-corrected chi connectivity index (χ0v) is 14.0. The molecular weight excluding hydrogens is 344 g/mol. The van der Waals surface area contributed by atoms with Gasteiger partial charge in [0.25, 0.3) is 0 Å². The molecule has 0 bridgehead atoms. The van der Waals surface area contributed by atoms with E-state index >= 15 is 0 Å². The van der Waals surface area contributed by atoms with Crippen LogP contribution in [0.1, 0.15) is 6.42 Å². The smallest absolute Gasteiger partial charge is 0.319 e. The van der Waals surface area contributed by atoms with Crippen LogP contribution in [0.5, 0.6) is 5.75 Å². The molecule has 1 fully saturated rings. The minimum Gasteiger partial charge on any atom is -0.494 e. The number of benzene rings is 2. The maximum absolute atomic E-state index is 13.7. The van der Waals surface area contributed by atoms with Gasteiger partial charge in [-0.2, -0.15) is 0 Å². The second kappa shape index (κ2) is 7.38. The lowest BCUT2D eigenvalue weighted by Crippen LogP contribution is -2.43. The number of hydrogen-bond donors (Lipinski definition) is 2. The zero-order chi connectivity index (χ0) is 18.7. The molecule has 1 heterocycles. The number of ether oxygens (including phenoxy) is 1. The van der Waals surface area contributed by atoms with E-state index in [-0.39, 0.29) is 23.2 Å². The highest BCUT2D eigenvalue weighted by Gasteiger charge is 2.33. The SMILES string of the molecule is COc1ccc(NC(=O)N[C@@H]2CCN(c3ccc(F)cc3)C2=O)cc1F. The molecule has 2 aromatic carbocycles. The minimum atomic E-state index is -0.705. The van der Waals surface area contributed by atoms with Crippen molar-refractivity contribution in [2.24, 2.45) is 0 Å². The molecule has 2 aromatic rings. The Balaban J connectivity index is 1.60. The van der Waals surface area contributed by atoms with Crippen LogP contribution in [0.2, 0.25) is 0 Å². The van der Waals surface area contributed by atoms with Crippen molar-refractivity contribution in [1.29, 1.82) is 0 Å². The van der Waals surface area contributed by atoms with Gasteiger partial charge in [0, 0.05) is 24.0 Å². The highest BCUT2D eigenvalue weighted by atomic mass is 19.1. The number of carbonyl (C=O) groups is 2. The first-order chi connectivity index (χ1) is 12.5. The summed E-state index contributed by atoms with van der Waals surface area (Å²) in [6.07, 6.45) is 0.417. The molecule has 26 heavy (non-hydrogen) atoms. The molecule has 0 unspecified atom stereocenters. The number of rotatable bonds is 4. The van der Waals surface area contributed by atoms with E-state index in [9.17, 15) is 18.4 Å². The summed E-state index contributed by atoms with van der Waals surface area (Å²) in [6, 6.07) is 8.25. The fourth-order valence-electron chi connectivity index (χ4n) is 2.76. The van der Waals surface area contributed by atoms with Gasteiger partial charge in [-0.3, -0.25) is 4.79 Å². The van der Waals surface area contributed by atoms with Crippen molar-refractivity contribution < 1.29 is 23.1 Å². The van der Waals surface area contributed by atoms with Gasteiger partial charge in [-0.15, -0.1) is 0 Å². The van der Waals surface area contributed by atoms with E-state index in [1.165, 1.54) is 48.4 Å². The van der Waals surface area contributed by atoms with E-state index < -0.39 is 17.9 Å². The molecule has 2 N–H and O–H groups in total. The van der Waals surface area contributed by atoms with E-state index in [0.29, 0.717) is 18.7 Å². The summed E-state index contributed by atoms with van der Waals surface area (Å²) in [4.78, 5) is 26.0. The molecular formula is C18H17F2N3O3. The summed E-state index contributed by atoms with van der Waals surface area (Å²) in [6.45, 7) is 0.409. The molecule has 0 aromatic heterocycles. The number of carbonyl (C=O) groups excluding carboxylic acids is 2. The van der Waals surface area contributed by atoms with E-state index in [1.807, 2.05) is 0 Å². The molecule has 1 aliphatic heterocycles. The lowest BCUT2D eigenvalue weighted by atomic mass is 10.2. The van der Waals surface area contributed by atoms with Crippen LogP contribution in [0, 0.1) is 11.6 Å². The van der Waals surface area contributed by atoms with Gasteiger partial charge in [0.2, 0.25) is 5.91 Å². The normalized spacial score (nSPS) is 16.5. The van der Waals surface area contributed by atoms with Crippen LogP contribution in [0.3, 0.4) is 0 Å². The van der Waals surface area contributed by atoms with Crippen LogP contribution in [0.4, 0.5) is 25.0 Å². The van der Waals surface area contributed by atoms with Crippen LogP contribution in [-0.2, 0) is 4.79 Å². The first-order valence-electron chi connectivity index (χ1n) is 7.96. The highest BCUT2D eigenvalue weighted by molar-refractivity contribution is 6.02. The largest absolute Gasteiger partial charge is 0.494 e. The molecule has 6 nitrogen and oxygen atoms in total. The van der Waals surface area contributed by atoms with E-state index in [0.717, 1.165) is 6.07 Å². The van der Waals surface area contributed by atoms with Crippen molar-refractivity contribution in [2.75, 3.05) is 23.9 Å². The predicted octanol–water partition coefficient (Wildman–Crippen LogP) is 2.90. The summed E-state index contributed by atoms with van der Waals surface area (Å²) in [7, 11) is 1.34. The maximum atomic E-state index is 13.7. The Morgan fingerprint density at radius 2 is 1.92 bits per heavy atom. The molecule has 0 aliphatic carbocycles. The Kier molecular flexibility index (Phi) is 5.01. The number of nitrogens with one attached hydrogen (secondary N) is 2. The highest BCUT2D eigenvalue weighted by Crippen LogP contribution is 2.23. The molecule has 3 rings (SSSR count). The molecule has 3 amide bonds. The Morgan fingerprint density at radius 3 is 2.58 bits per heavy atom. The molecule has 1 atom stereocenters. The third-order valence-electron chi connectivity index (χ3n) is 4.06. The molecule has 0 radical (unpaired) electrons. The Morgan fingerprint density at radius 1 is 1.19 bits per heavy atom. The predicted molar refractivity (Wildman–Crippen MR) is 92.3 cm³/mol. The van der Waals surface area contributed by atoms with Gasteiger partial charge < -0.3 is 20.3 Å². The number of anilines is 2. The quantitative estimate of drug-likeness (QED) is 0.880. The Hall–Kier alpha value is -3.16. The van der Waals surface area contributed by atoms with Crippen molar-refractivity contribution in [3.63, 3.8) is 0 Å². The van der Waals surface area contributed by atoms with Crippen molar-refractivity contribution in [3.8, 4) is 5.75 Å². The first kappa shape index (κ1) is 17.7. The topological polar surface area (TPSA) is 70.7 Å². The molecule has 1 saturated heterocycles. The van der Waals surface area contributed by atoms with Crippen molar-refractivity contribution in [2.45, 2.75) is 12.5 Å². The van der Waals surface area contributed by atoms with Gasteiger partial charge in [0.05, 0.1) is 7.11 Å². The number of urea groups is 1. The molecule has 8 heteroatoms. The maximum Gasteiger partial charge on any atom is 0.319 e. The second-order valence-corrected chi connectivity index (χ2v) is 5.76. The van der Waals surface area contributed by atoms with E-state index in [4.69, 9.17) is 4.74 Å². The van der Waals surface area contributed by atoms with Crippen LogP contribution in [0.25, 0.3) is 0 Å². The third-order valence-corrected chi connectivity index (χ3v) is 4.06. The summed E-state index contributed by atoms with van der Waals surface area (Å²) >= 11 is 0. The van der Waals surface area contributed by atoms with Gasteiger partial charge in [0.1, 0.15) is 11.9 Å². The molecule has 1 aliphatic rings. The summed E-state index contributed by atoms with van der Waals surface area (Å²) in [5.41, 5.74) is 0.806. The number of halogens is 2. The first-order valence-corrected chi connectivity index (χ1v) is 7.96. The Bertz CT molecular complexity index is 827. The summed E-state index contributed by atoms with van der Waals surface area (Å²) in [5, 5.41) is 5.04. The summed E-state index contributed by atoms with van der Waals surface area (Å²) < 4.78 is 31.5. The second-order valence-electron chi connectivity index (χ2n) is 5.76. The van der Waals surface area contributed by atoms with E-state index in [1.54, 1.807) is 0 Å². The van der Waals surface area contributed by atoms with Gasteiger partial charge in [-0.05, 0) is 42.8 Å². The minimum absolute atomic E-state index is 0.0665. The van der Waals surface area contributed by atoms with Gasteiger partial charge in [0.15, 0.2) is 11.6 Å². The monoisotopic (exact) mass is 361 g/mol. The lowest BCUT2D eigenvalue weighted by molar-refractivity contribution is -0.118. The number of amides is 3. The average Bonchev–Trinajstić information content (AvgIpc) is 2.96. The number of methoxy groups -OCH3 is 1. The lowest BCUT2D eigenvalue weighted by Gasteiger charge is -2.17. The van der Waals surface area contributed by atoms with Gasteiger partial charge in [-0.25, -0.2) is 13.6 Å².